The highest BCUT2D eigenvalue weighted by atomic mass is 15.2. The van der Waals surface area contributed by atoms with Crippen molar-refractivity contribution in [2.24, 2.45) is 14.1 Å². The molecule has 0 saturated carbocycles. The van der Waals surface area contributed by atoms with E-state index < -0.39 is 0 Å². The van der Waals surface area contributed by atoms with E-state index in [1.54, 1.807) is 0 Å². The van der Waals surface area contributed by atoms with Crippen LogP contribution in [-0.2, 0) is 14.1 Å². The summed E-state index contributed by atoms with van der Waals surface area (Å²) in [6, 6.07) is 47.8. The minimum atomic E-state index is 0.955. The Balaban J connectivity index is 1.03. The zero-order valence-corrected chi connectivity index (χ0v) is 25.4. The summed E-state index contributed by atoms with van der Waals surface area (Å²) in [5, 5.41) is 0. The van der Waals surface area contributed by atoms with E-state index in [4.69, 9.17) is 9.97 Å². The molecule has 0 radical (unpaired) electrons. The van der Waals surface area contributed by atoms with E-state index >= 15 is 0 Å². The molecule has 0 atom stereocenters. The fourth-order valence-electron chi connectivity index (χ4n) is 7.23. The summed E-state index contributed by atoms with van der Waals surface area (Å²) in [5.74, 6) is 1.91. The van der Waals surface area contributed by atoms with Gasteiger partial charge in [0, 0.05) is 14.1 Å². The van der Waals surface area contributed by atoms with E-state index in [1.165, 1.54) is 44.4 Å². The molecule has 218 valence electrons. The van der Waals surface area contributed by atoms with E-state index in [2.05, 4.69) is 153 Å². The van der Waals surface area contributed by atoms with Crippen LogP contribution in [0.3, 0.4) is 0 Å². The van der Waals surface area contributed by atoms with Gasteiger partial charge in [-0.05, 0) is 88.0 Å². The van der Waals surface area contributed by atoms with Crippen LogP contribution in [0.15, 0.2) is 133 Å². The molecule has 0 amide bonds. The predicted octanol–water partition coefficient (Wildman–Crippen LogP) is 9.27. The highest BCUT2D eigenvalue weighted by Crippen LogP contribution is 2.34. The predicted molar refractivity (Wildman–Crippen MR) is 188 cm³/mol. The second kappa shape index (κ2) is 9.19. The van der Waals surface area contributed by atoms with Crippen LogP contribution < -0.4 is 0 Å². The van der Waals surface area contributed by atoms with Crippen LogP contribution in [0, 0.1) is 0 Å². The van der Waals surface area contributed by atoms with Crippen LogP contribution in [0.5, 0.6) is 0 Å². The lowest BCUT2D eigenvalue weighted by Gasteiger charge is -2.09. The number of para-hydroxylation sites is 4. The molecule has 46 heavy (non-hydrogen) atoms. The van der Waals surface area contributed by atoms with Gasteiger partial charge in [0.15, 0.2) is 0 Å². The van der Waals surface area contributed by atoms with E-state index in [0.717, 1.165) is 44.7 Å². The van der Waals surface area contributed by atoms with Crippen molar-refractivity contribution < 1.29 is 0 Å². The molecule has 0 saturated heterocycles. The van der Waals surface area contributed by atoms with Crippen LogP contribution in [-0.4, -0.2) is 27.9 Å². The van der Waals surface area contributed by atoms with Gasteiger partial charge in [0.1, 0.15) is 0 Å². The normalized spacial score (nSPS) is 12.1. The maximum Gasteiger partial charge on any atom is 0.215 e. The molecule has 6 aromatic carbocycles. The molecule has 10 rings (SSSR count). The van der Waals surface area contributed by atoms with Crippen LogP contribution in [0.2, 0.25) is 0 Å². The van der Waals surface area contributed by atoms with Crippen LogP contribution >= 0.6 is 0 Å². The molecule has 6 heteroatoms. The summed E-state index contributed by atoms with van der Waals surface area (Å²) < 4.78 is 8.88. The van der Waals surface area contributed by atoms with E-state index in [9.17, 15) is 0 Å². The number of benzene rings is 6. The Morgan fingerprint density at radius 2 is 0.761 bits per heavy atom. The molecular weight excluding hydrogens is 564 g/mol. The van der Waals surface area contributed by atoms with E-state index in [0.29, 0.717) is 0 Å². The molecule has 0 unspecified atom stereocenters. The lowest BCUT2D eigenvalue weighted by molar-refractivity contribution is 0.973. The third-order valence-corrected chi connectivity index (χ3v) is 9.59. The number of hydrogen-bond acceptors (Lipinski definition) is 2. The van der Waals surface area contributed by atoms with Crippen molar-refractivity contribution in [3.63, 3.8) is 0 Å². The number of aromatic nitrogens is 6. The van der Waals surface area contributed by atoms with Gasteiger partial charge < -0.3 is 9.13 Å². The molecule has 0 fully saturated rings. The van der Waals surface area contributed by atoms with Crippen molar-refractivity contribution in [1.82, 2.24) is 27.9 Å². The van der Waals surface area contributed by atoms with Crippen molar-refractivity contribution in [3.8, 4) is 33.4 Å². The first kappa shape index (κ1) is 25.2. The minimum Gasteiger partial charge on any atom is -0.313 e. The van der Waals surface area contributed by atoms with E-state index in [-0.39, 0.29) is 0 Å². The maximum atomic E-state index is 4.90. The largest absolute Gasteiger partial charge is 0.313 e. The first-order valence-electron chi connectivity index (χ1n) is 15.5. The molecule has 0 spiro atoms. The Labute approximate surface area is 264 Å². The number of fused-ring (bicyclic) bond motifs is 10. The molecule has 0 N–H and O–H groups in total. The quantitative estimate of drug-likeness (QED) is 0.205. The Hall–Kier alpha value is -6.14. The summed E-state index contributed by atoms with van der Waals surface area (Å²) in [5.41, 5.74) is 16.1. The lowest BCUT2D eigenvalue weighted by Crippen LogP contribution is -1.88. The molecule has 4 aromatic heterocycles. The summed E-state index contributed by atoms with van der Waals surface area (Å²) in [6.07, 6.45) is 0. The second-order valence-corrected chi connectivity index (χ2v) is 12.2. The average Bonchev–Trinajstić information content (AvgIpc) is 3.83. The fraction of sp³-hybridized carbons (Fsp3) is 0.0500. The summed E-state index contributed by atoms with van der Waals surface area (Å²) in [4.78, 5) is 9.78. The van der Waals surface area contributed by atoms with Gasteiger partial charge in [-0.25, -0.2) is 9.97 Å². The number of imidazole rings is 4. The average molecular weight is 593 g/mol. The maximum absolute atomic E-state index is 4.90. The molecule has 10 aromatic rings. The third kappa shape index (κ3) is 3.46. The highest BCUT2D eigenvalue weighted by molar-refractivity contribution is 5.94. The van der Waals surface area contributed by atoms with Crippen molar-refractivity contribution in [2.45, 2.75) is 0 Å². The molecule has 6 nitrogen and oxygen atoms in total. The first-order valence-corrected chi connectivity index (χ1v) is 15.5. The molecular formula is C40H28N6. The van der Waals surface area contributed by atoms with Gasteiger partial charge in [0.2, 0.25) is 11.6 Å². The number of rotatable bonds is 3. The Bertz CT molecular complexity index is 2820. The van der Waals surface area contributed by atoms with Gasteiger partial charge in [0.25, 0.3) is 0 Å². The lowest BCUT2D eigenvalue weighted by atomic mass is 9.97. The van der Waals surface area contributed by atoms with Crippen LogP contribution in [0.1, 0.15) is 0 Å². The topological polar surface area (TPSA) is 44.5 Å². The minimum absolute atomic E-state index is 0.955. The first-order chi connectivity index (χ1) is 22.6. The fourth-order valence-corrected chi connectivity index (χ4v) is 7.23. The van der Waals surface area contributed by atoms with Gasteiger partial charge in [-0.1, -0.05) is 78.9 Å². The number of hydrogen-bond donors (Lipinski definition) is 0. The van der Waals surface area contributed by atoms with Crippen LogP contribution in [0.25, 0.3) is 89.1 Å². The van der Waals surface area contributed by atoms with Gasteiger partial charge >= 0.3 is 0 Å². The zero-order chi connectivity index (χ0) is 30.5. The highest BCUT2D eigenvalue weighted by Gasteiger charge is 2.16. The monoisotopic (exact) mass is 592 g/mol. The second-order valence-electron chi connectivity index (χ2n) is 12.2. The number of nitrogens with zero attached hydrogens (tertiary/aromatic N) is 6. The van der Waals surface area contributed by atoms with Crippen LogP contribution in [0.4, 0.5) is 0 Å². The molecule has 0 aliphatic heterocycles. The Morgan fingerprint density at radius 1 is 0.348 bits per heavy atom. The van der Waals surface area contributed by atoms with Gasteiger partial charge in [-0.15, -0.1) is 0 Å². The molecule has 0 aliphatic carbocycles. The van der Waals surface area contributed by atoms with Crippen molar-refractivity contribution in [3.05, 3.63) is 133 Å². The van der Waals surface area contributed by atoms with Gasteiger partial charge in [0.05, 0.1) is 44.1 Å². The van der Waals surface area contributed by atoms with E-state index in [1.807, 2.05) is 12.1 Å². The molecule has 0 aliphatic rings. The van der Waals surface area contributed by atoms with Crippen molar-refractivity contribution in [2.75, 3.05) is 0 Å². The summed E-state index contributed by atoms with van der Waals surface area (Å²) in [6.45, 7) is 0. The third-order valence-electron chi connectivity index (χ3n) is 9.59. The van der Waals surface area contributed by atoms with Crippen molar-refractivity contribution >= 4 is 55.7 Å². The Kier molecular flexibility index (Phi) is 5.04. The SMILES string of the molecule is Cn1c2ccc(-c3ccc(-c4cccc(-c5ccc6c(c5)n5c7ccccc7nc5n6C)c4)cc3)cc2n2c3ccccc3nc12. The molecule has 0 bridgehead atoms. The smallest absolute Gasteiger partial charge is 0.215 e. The summed E-state index contributed by atoms with van der Waals surface area (Å²) in [7, 11) is 4.18. The van der Waals surface area contributed by atoms with Crippen molar-refractivity contribution in [1.29, 1.82) is 0 Å². The standard InChI is InChI=1S/C40H28N6/c1-43-35-20-18-29(23-37(35)45-33-12-5-3-10-31(33)41-39(43)45)26-16-14-25(15-17-26)27-8-7-9-28(22-27)30-19-21-36-38(24-30)46-34-13-6-4-11-32(34)42-40(46)44(36)2/h3-24H,1-2H3. The number of aryl methyl sites for hydroxylation is 2. The van der Waals surface area contributed by atoms with Gasteiger partial charge in [-0.3, -0.25) is 8.80 Å². The zero-order valence-electron chi connectivity index (χ0n) is 25.4. The van der Waals surface area contributed by atoms with Gasteiger partial charge in [-0.2, -0.15) is 0 Å². The summed E-state index contributed by atoms with van der Waals surface area (Å²) >= 11 is 0. The molecule has 4 heterocycles. The Morgan fingerprint density at radius 3 is 1.28 bits per heavy atom.